The van der Waals surface area contributed by atoms with E-state index in [1.54, 1.807) is 7.05 Å². The van der Waals surface area contributed by atoms with Gasteiger partial charge in [-0.25, -0.2) is 0 Å². The summed E-state index contributed by atoms with van der Waals surface area (Å²) in [5.41, 5.74) is 0. The van der Waals surface area contributed by atoms with Gasteiger partial charge in [0.1, 0.15) is 0 Å². The molecule has 0 saturated carbocycles. The summed E-state index contributed by atoms with van der Waals surface area (Å²) in [5, 5.41) is 5.70. The number of rotatable bonds is 5. The molecule has 1 unspecified atom stereocenters. The van der Waals surface area contributed by atoms with Crippen LogP contribution >= 0.6 is 0 Å². The van der Waals surface area contributed by atoms with Crippen molar-refractivity contribution in [3.8, 4) is 0 Å². The second-order valence-electron chi connectivity index (χ2n) is 4.90. The fourth-order valence-electron chi connectivity index (χ4n) is 2.44. The largest absolute Gasteiger partial charge is 0.359 e. The van der Waals surface area contributed by atoms with E-state index in [2.05, 4.69) is 10.6 Å². The van der Waals surface area contributed by atoms with Gasteiger partial charge in [0, 0.05) is 26.6 Å². The Balaban J connectivity index is 2.39. The Bertz CT molecular complexity index is 282. The summed E-state index contributed by atoms with van der Waals surface area (Å²) >= 11 is 0. The van der Waals surface area contributed by atoms with Gasteiger partial charge in [0.2, 0.25) is 11.8 Å². The van der Waals surface area contributed by atoms with Crippen LogP contribution in [0.15, 0.2) is 0 Å². The molecule has 5 nitrogen and oxygen atoms in total. The Kier molecular flexibility index (Phi) is 6.12. The van der Waals surface area contributed by atoms with Gasteiger partial charge in [-0.3, -0.25) is 9.59 Å². The van der Waals surface area contributed by atoms with Crippen LogP contribution < -0.4 is 10.6 Å². The highest BCUT2D eigenvalue weighted by molar-refractivity contribution is 5.82. The van der Waals surface area contributed by atoms with Gasteiger partial charge in [0.15, 0.2) is 0 Å². The molecule has 0 aromatic rings. The number of likely N-dealkylation sites (tertiary alicyclic amines) is 1. The molecule has 1 rings (SSSR count). The zero-order valence-electron chi connectivity index (χ0n) is 11.7. The van der Waals surface area contributed by atoms with E-state index in [4.69, 9.17) is 0 Å². The predicted octanol–water partition coefficient (Wildman–Crippen LogP) is 0.359. The molecule has 0 aliphatic carbocycles. The van der Waals surface area contributed by atoms with Crippen LogP contribution in [-0.2, 0) is 9.59 Å². The molecule has 2 N–H and O–H groups in total. The number of nitrogens with zero attached hydrogens (tertiary/aromatic N) is 1. The van der Waals surface area contributed by atoms with Crippen LogP contribution in [0.3, 0.4) is 0 Å². The molecule has 104 valence electrons. The summed E-state index contributed by atoms with van der Waals surface area (Å²) in [6.07, 6.45) is 3.26. The summed E-state index contributed by atoms with van der Waals surface area (Å²) in [6.45, 7) is 3.56. The number of piperidine rings is 1. The minimum Gasteiger partial charge on any atom is -0.359 e. The maximum Gasteiger partial charge on any atom is 0.239 e. The molecule has 0 aromatic carbocycles. The molecule has 1 atom stereocenters. The number of nitrogens with one attached hydrogen (secondary N) is 2. The number of carbonyl (C=O) groups is 2. The lowest BCUT2D eigenvalue weighted by Gasteiger charge is -2.33. The van der Waals surface area contributed by atoms with E-state index >= 15 is 0 Å². The maximum absolute atomic E-state index is 12.1. The monoisotopic (exact) mass is 255 g/mol. The first-order valence-electron chi connectivity index (χ1n) is 6.79. The number of amides is 2. The van der Waals surface area contributed by atoms with Crippen molar-refractivity contribution in [3.63, 3.8) is 0 Å². The molecular weight excluding hydrogens is 230 g/mol. The molecule has 1 saturated heterocycles. The zero-order valence-corrected chi connectivity index (χ0v) is 11.7. The van der Waals surface area contributed by atoms with Gasteiger partial charge in [-0.1, -0.05) is 6.92 Å². The molecular formula is C13H25N3O2. The van der Waals surface area contributed by atoms with Crippen molar-refractivity contribution in [2.24, 2.45) is 5.92 Å². The van der Waals surface area contributed by atoms with Gasteiger partial charge in [-0.05, 0) is 32.2 Å². The fraction of sp³-hybridized carbons (Fsp3) is 0.846. The highest BCUT2D eigenvalue weighted by Crippen LogP contribution is 2.21. The third-order valence-corrected chi connectivity index (χ3v) is 3.73. The molecule has 1 aliphatic rings. The molecule has 18 heavy (non-hydrogen) atoms. The normalized spacial score (nSPS) is 18.5. The van der Waals surface area contributed by atoms with Crippen molar-refractivity contribution in [3.05, 3.63) is 0 Å². The molecule has 1 aliphatic heterocycles. The van der Waals surface area contributed by atoms with Crippen LogP contribution in [0.25, 0.3) is 0 Å². The molecule has 0 aromatic heterocycles. The van der Waals surface area contributed by atoms with E-state index in [1.165, 1.54) is 0 Å². The topological polar surface area (TPSA) is 61.4 Å². The van der Waals surface area contributed by atoms with E-state index in [0.717, 1.165) is 32.4 Å². The van der Waals surface area contributed by atoms with Gasteiger partial charge in [-0.2, -0.15) is 0 Å². The zero-order chi connectivity index (χ0) is 13.5. The van der Waals surface area contributed by atoms with Crippen molar-refractivity contribution in [2.45, 2.75) is 38.6 Å². The predicted molar refractivity (Wildman–Crippen MR) is 71.1 cm³/mol. The lowest BCUT2D eigenvalue weighted by molar-refractivity contribution is -0.134. The summed E-state index contributed by atoms with van der Waals surface area (Å²) in [6, 6.07) is -0.0690. The quantitative estimate of drug-likeness (QED) is 0.745. The van der Waals surface area contributed by atoms with Gasteiger partial charge >= 0.3 is 0 Å². The smallest absolute Gasteiger partial charge is 0.239 e. The Morgan fingerprint density at radius 3 is 2.33 bits per heavy atom. The maximum atomic E-state index is 12.1. The molecule has 5 heteroatoms. The van der Waals surface area contributed by atoms with E-state index in [9.17, 15) is 9.59 Å². The number of hydrogen-bond acceptors (Lipinski definition) is 3. The standard InChI is InChI=1S/C13H25N3O2/c1-4-11(14-2)13(18)16-7-5-10(6-8-16)9-12(17)15-3/h10-11,14H,4-9H2,1-3H3,(H,15,17). The summed E-state index contributed by atoms with van der Waals surface area (Å²) in [5.74, 6) is 0.712. The van der Waals surface area contributed by atoms with Crippen LogP contribution in [0.5, 0.6) is 0 Å². The number of likely N-dealkylation sites (N-methyl/N-ethyl adjacent to an activating group) is 1. The Labute approximate surface area is 109 Å². The molecule has 0 spiro atoms. The van der Waals surface area contributed by atoms with Gasteiger partial charge in [-0.15, -0.1) is 0 Å². The van der Waals surface area contributed by atoms with Crippen molar-refractivity contribution < 1.29 is 9.59 Å². The highest BCUT2D eigenvalue weighted by atomic mass is 16.2. The lowest BCUT2D eigenvalue weighted by atomic mass is 9.93. The molecule has 1 heterocycles. The summed E-state index contributed by atoms with van der Waals surface area (Å²) in [7, 11) is 3.49. The second kappa shape index (κ2) is 7.36. The first-order valence-corrected chi connectivity index (χ1v) is 6.79. The first kappa shape index (κ1) is 15.0. The highest BCUT2D eigenvalue weighted by Gasteiger charge is 2.27. The SMILES string of the molecule is CCC(NC)C(=O)N1CCC(CC(=O)NC)CC1. The summed E-state index contributed by atoms with van der Waals surface area (Å²) in [4.78, 5) is 25.3. The molecule has 1 fully saturated rings. The first-order chi connectivity index (χ1) is 8.62. The average molecular weight is 255 g/mol. The molecule has 2 amide bonds. The van der Waals surface area contributed by atoms with Crippen LogP contribution in [0, 0.1) is 5.92 Å². The lowest BCUT2D eigenvalue weighted by Crippen LogP contribution is -2.48. The van der Waals surface area contributed by atoms with Crippen molar-refractivity contribution in [2.75, 3.05) is 27.2 Å². The van der Waals surface area contributed by atoms with E-state index in [1.807, 2.05) is 18.9 Å². The third-order valence-electron chi connectivity index (χ3n) is 3.73. The van der Waals surface area contributed by atoms with Crippen molar-refractivity contribution >= 4 is 11.8 Å². The average Bonchev–Trinajstić information content (AvgIpc) is 2.40. The molecule has 0 bridgehead atoms. The Hall–Kier alpha value is -1.10. The summed E-state index contributed by atoms with van der Waals surface area (Å²) < 4.78 is 0. The second-order valence-corrected chi connectivity index (χ2v) is 4.90. The minimum absolute atomic E-state index is 0.0690. The van der Waals surface area contributed by atoms with Crippen LogP contribution in [0.1, 0.15) is 32.6 Å². The third kappa shape index (κ3) is 3.98. The van der Waals surface area contributed by atoms with E-state index in [-0.39, 0.29) is 17.9 Å². The Morgan fingerprint density at radius 1 is 1.28 bits per heavy atom. The van der Waals surface area contributed by atoms with Gasteiger partial charge in [0.25, 0.3) is 0 Å². The Morgan fingerprint density at radius 2 is 1.89 bits per heavy atom. The van der Waals surface area contributed by atoms with Crippen molar-refractivity contribution in [1.82, 2.24) is 15.5 Å². The van der Waals surface area contributed by atoms with Gasteiger partial charge in [0.05, 0.1) is 6.04 Å². The number of hydrogen-bond donors (Lipinski definition) is 2. The van der Waals surface area contributed by atoms with Crippen LogP contribution in [-0.4, -0.2) is 49.9 Å². The van der Waals surface area contributed by atoms with Gasteiger partial charge < -0.3 is 15.5 Å². The van der Waals surface area contributed by atoms with Crippen molar-refractivity contribution in [1.29, 1.82) is 0 Å². The van der Waals surface area contributed by atoms with Crippen LogP contribution in [0.2, 0.25) is 0 Å². The molecule has 0 radical (unpaired) electrons. The van der Waals surface area contributed by atoms with E-state index < -0.39 is 0 Å². The number of carbonyl (C=O) groups excluding carboxylic acids is 2. The fourth-order valence-corrected chi connectivity index (χ4v) is 2.44. The van der Waals surface area contributed by atoms with Crippen LogP contribution in [0.4, 0.5) is 0 Å². The minimum atomic E-state index is -0.0690. The van der Waals surface area contributed by atoms with E-state index in [0.29, 0.717) is 12.3 Å².